The molecule has 19 heavy (non-hydrogen) atoms. The van der Waals surface area contributed by atoms with Crippen molar-refractivity contribution < 1.29 is 14.7 Å². The molecular weight excluding hydrogens is 310 g/mol. The molecule has 1 fully saturated rings. The van der Waals surface area contributed by atoms with E-state index in [1.165, 1.54) is 0 Å². The van der Waals surface area contributed by atoms with Gasteiger partial charge >= 0.3 is 5.97 Å². The molecule has 2 rings (SSSR count). The number of carboxylic acids is 1. The molecule has 0 aromatic heterocycles. The number of amides is 1. The first-order chi connectivity index (χ1) is 8.90. The first kappa shape index (κ1) is 14.1. The van der Waals surface area contributed by atoms with Crippen molar-refractivity contribution in [2.24, 2.45) is 11.8 Å². The number of likely N-dealkylation sites (tertiary alicyclic amines) is 1. The van der Waals surface area contributed by atoms with E-state index in [0.717, 1.165) is 10.0 Å². The number of hydrogen-bond acceptors (Lipinski definition) is 2. The predicted octanol–water partition coefficient (Wildman–Crippen LogP) is 2.55. The fourth-order valence-corrected chi connectivity index (χ4v) is 2.74. The van der Waals surface area contributed by atoms with Crippen LogP contribution >= 0.6 is 15.9 Å². The number of halogens is 1. The Balaban J connectivity index is 2.17. The van der Waals surface area contributed by atoms with Gasteiger partial charge in [0.1, 0.15) is 0 Å². The number of nitrogens with zero attached hydrogens (tertiary/aromatic N) is 1. The lowest BCUT2D eigenvalue weighted by Crippen LogP contribution is -2.29. The Morgan fingerprint density at radius 2 is 2.05 bits per heavy atom. The van der Waals surface area contributed by atoms with Crippen molar-refractivity contribution in [3.05, 3.63) is 33.8 Å². The van der Waals surface area contributed by atoms with Crippen molar-refractivity contribution in [2.75, 3.05) is 13.1 Å². The summed E-state index contributed by atoms with van der Waals surface area (Å²) in [6.07, 6.45) is 0. The van der Waals surface area contributed by atoms with Gasteiger partial charge in [0.2, 0.25) is 0 Å². The van der Waals surface area contributed by atoms with Crippen molar-refractivity contribution in [3.8, 4) is 0 Å². The van der Waals surface area contributed by atoms with E-state index in [1.807, 2.05) is 19.9 Å². The SMILES string of the molecule is Cc1ccc(C(=O)N2C[C@@H](C)[C@H](C(=O)O)C2)cc1Br. The molecule has 0 bridgehead atoms. The summed E-state index contributed by atoms with van der Waals surface area (Å²) in [5.41, 5.74) is 1.66. The van der Waals surface area contributed by atoms with Gasteiger partial charge in [-0.1, -0.05) is 28.9 Å². The maximum Gasteiger partial charge on any atom is 0.308 e. The number of aryl methyl sites for hydroxylation is 1. The van der Waals surface area contributed by atoms with E-state index < -0.39 is 11.9 Å². The molecule has 102 valence electrons. The summed E-state index contributed by atoms with van der Waals surface area (Å²) in [7, 11) is 0. The van der Waals surface area contributed by atoms with E-state index in [1.54, 1.807) is 17.0 Å². The Morgan fingerprint density at radius 3 is 2.58 bits per heavy atom. The summed E-state index contributed by atoms with van der Waals surface area (Å²) >= 11 is 3.41. The Hall–Kier alpha value is -1.36. The fourth-order valence-electron chi connectivity index (χ4n) is 2.36. The lowest BCUT2D eigenvalue weighted by Gasteiger charge is -2.16. The molecule has 1 saturated heterocycles. The molecule has 0 aliphatic carbocycles. The molecule has 5 heteroatoms. The third kappa shape index (κ3) is 2.81. The molecule has 0 radical (unpaired) electrons. The van der Waals surface area contributed by atoms with Gasteiger partial charge < -0.3 is 10.0 Å². The molecule has 1 N–H and O–H groups in total. The van der Waals surface area contributed by atoms with Gasteiger partial charge in [0, 0.05) is 23.1 Å². The third-order valence-corrected chi connectivity index (χ3v) is 4.49. The number of rotatable bonds is 2. The monoisotopic (exact) mass is 325 g/mol. The number of aliphatic carboxylic acids is 1. The molecule has 4 nitrogen and oxygen atoms in total. The molecule has 1 aromatic rings. The molecule has 2 atom stereocenters. The van der Waals surface area contributed by atoms with Crippen LogP contribution in [0.4, 0.5) is 0 Å². The summed E-state index contributed by atoms with van der Waals surface area (Å²) in [5, 5.41) is 9.09. The second-order valence-electron chi connectivity index (χ2n) is 5.10. The zero-order valence-electron chi connectivity index (χ0n) is 10.9. The Labute approximate surface area is 120 Å². The van der Waals surface area contributed by atoms with Crippen LogP contribution in [0.15, 0.2) is 22.7 Å². The highest BCUT2D eigenvalue weighted by Crippen LogP contribution is 2.26. The molecule has 1 aliphatic heterocycles. The second-order valence-corrected chi connectivity index (χ2v) is 5.95. The first-order valence-electron chi connectivity index (χ1n) is 6.18. The van der Waals surface area contributed by atoms with Crippen molar-refractivity contribution in [1.82, 2.24) is 4.90 Å². The van der Waals surface area contributed by atoms with Crippen molar-refractivity contribution in [3.63, 3.8) is 0 Å². The van der Waals surface area contributed by atoms with Crippen LogP contribution in [-0.4, -0.2) is 35.0 Å². The minimum Gasteiger partial charge on any atom is -0.481 e. The lowest BCUT2D eigenvalue weighted by atomic mass is 9.99. The van der Waals surface area contributed by atoms with Gasteiger partial charge in [-0.05, 0) is 30.5 Å². The van der Waals surface area contributed by atoms with E-state index in [0.29, 0.717) is 18.7 Å². The van der Waals surface area contributed by atoms with Crippen LogP contribution in [0.5, 0.6) is 0 Å². The Kier molecular flexibility index (Phi) is 3.94. The van der Waals surface area contributed by atoms with Crippen LogP contribution in [0.3, 0.4) is 0 Å². The van der Waals surface area contributed by atoms with Crippen molar-refractivity contribution >= 4 is 27.8 Å². The van der Waals surface area contributed by atoms with E-state index >= 15 is 0 Å². The van der Waals surface area contributed by atoms with Crippen LogP contribution < -0.4 is 0 Å². The van der Waals surface area contributed by atoms with Gasteiger partial charge in [0.15, 0.2) is 0 Å². The maximum atomic E-state index is 12.3. The molecule has 1 aliphatic rings. The van der Waals surface area contributed by atoms with E-state index in [-0.39, 0.29) is 11.8 Å². The molecular formula is C14H16BrNO3. The molecule has 0 spiro atoms. The highest BCUT2D eigenvalue weighted by atomic mass is 79.9. The van der Waals surface area contributed by atoms with Crippen LogP contribution in [-0.2, 0) is 4.79 Å². The average molecular weight is 326 g/mol. The quantitative estimate of drug-likeness (QED) is 0.909. The minimum absolute atomic E-state index is 0.00432. The Bertz CT molecular complexity index is 529. The van der Waals surface area contributed by atoms with Crippen molar-refractivity contribution in [2.45, 2.75) is 13.8 Å². The van der Waals surface area contributed by atoms with Gasteiger partial charge in [-0.2, -0.15) is 0 Å². The number of carbonyl (C=O) groups excluding carboxylic acids is 1. The number of carboxylic acid groups (broad SMARTS) is 1. The minimum atomic E-state index is -0.826. The predicted molar refractivity (Wildman–Crippen MR) is 75.1 cm³/mol. The van der Waals surface area contributed by atoms with Gasteiger partial charge in [0.25, 0.3) is 5.91 Å². The van der Waals surface area contributed by atoms with Crippen molar-refractivity contribution in [1.29, 1.82) is 0 Å². The normalized spacial score (nSPS) is 22.6. The van der Waals surface area contributed by atoms with E-state index in [4.69, 9.17) is 5.11 Å². The highest BCUT2D eigenvalue weighted by Gasteiger charge is 2.37. The van der Waals surface area contributed by atoms with E-state index in [9.17, 15) is 9.59 Å². The van der Waals surface area contributed by atoms with Crippen LogP contribution in [0.25, 0.3) is 0 Å². The number of hydrogen-bond donors (Lipinski definition) is 1. The molecule has 0 unspecified atom stereocenters. The number of benzene rings is 1. The molecule has 1 heterocycles. The Morgan fingerprint density at radius 1 is 1.37 bits per heavy atom. The largest absolute Gasteiger partial charge is 0.481 e. The molecule has 1 amide bonds. The summed E-state index contributed by atoms with van der Waals surface area (Å²) in [5.74, 6) is -1.39. The smallest absolute Gasteiger partial charge is 0.308 e. The summed E-state index contributed by atoms with van der Waals surface area (Å²) in [6.45, 7) is 4.62. The van der Waals surface area contributed by atoms with Crippen LogP contribution in [0.1, 0.15) is 22.8 Å². The lowest BCUT2D eigenvalue weighted by molar-refractivity contribution is -0.142. The maximum absolute atomic E-state index is 12.3. The zero-order chi connectivity index (χ0) is 14.2. The summed E-state index contributed by atoms with van der Waals surface area (Å²) in [6, 6.07) is 5.45. The number of carbonyl (C=O) groups is 2. The molecule has 0 saturated carbocycles. The fraction of sp³-hybridized carbons (Fsp3) is 0.429. The van der Waals surface area contributed by atoms with Crippen LogP contribution in [0, 0.1) is 18.8 Å². The van der Waals surface area contributed by atoms with Gasteiger partial charge in [0.05, 0.1) is 5.92 Å². The summed E-state index contributed by atoms with van der Waals surface area (Å²) < 4.78 is 0.889. The average Bonchev–Trinajstić information content (AvgIpc) is 2.74. The van der Waals surface area contributed by atoms with E-state index in [2.05, 4.69) is 15.9 Å². The van der Waals surface area contributed by atoms with Gasteiger partial charge in [-0.3, -0.25) is 9.59 Å². The standard InChI is InChI=1S/C14H16BrNO3/c1-8-3-4-10(5-12(8)15)13(17)16-6-9(2)11(7-16)14(18)19/h3-5,9,11H,6-7H2,1-2H3,(H,18,19)/t9-,11-/m1/s1. The van der Waals surface area contributed by atoms with Gasteiger partial charge in [-0.25, -0.2) is 0 Å². The third-order valence-electron chi connectivity index (χ3n) is 3.64. The summed E-state index contributed by atoms with van der Waals surface area (Å²) in [4.78, 5) is 25.0. The van der Waals surface area contributed by atoms with Crippen LogP contribution in [0.2, 0.25) is 0 Å². The zero-order valence-corrected chi connectivity index (χ0v) is 12.5. The van der Waals surface area contributed by atoms with Gasteiger partial charge in [-0.15, -0.1) is 0 Å². The topological polar surface area (TPSA) is 57.6 Å². The second kappa shape index (κ2) is 5.33. The highest BCUT2D eigenvalue weighted by molar-refractivity contribution is 9.10. The first-order valence-corrected chi connectivity index (χ1v) is 6.97. The molecule has 1 aromatic carbocycles.